The van der Waals surface area contributed by atoms with Gasteiger partial charge in [0, 0.05) is 0 Å². The molecule has 0 bridgehead atoms. The van der Waals surface area contributed by atoms with E-state index in [0.29, 0.717) is 11.7 Å². The Morgan fingerprint density at radius 3 is 2.54 bits per heavy atom. The van der Waals surface area contributed by atoms with E-state index < -0.39 is 0 Å². The normalized spacial score (nSPS) is 18.8. The molecule has 1 aliphatic carbocycles. The van der Waals surface area contributed by atoms with Crippen molar-refractivity contribution >= 4 is 0 Å². The van der Waals surface area contributed by atoms with Crippen LogP contribution in [0.4, 0.5) is 0 Å². The molecule has 0 spiro atoms. The summed E-state index contributed by atoms with van der Waals surface area (Å²) in [5.74, 6) is 1.10. The fourth-order valence-corrected chi connectivity index (χ4v) is 2.21. The van der Waals surface area contributed by atoms with Crippen LogP contribution < -0.4 is 0 Å². The Morgan fingerprint density at radius 1 is 1.08 bits per heavy atom. The van der Waals surface area contributed by atoms with E-state index in [0.717, 1.165) is 0 Å². The van der Waals surface area contributed by atoms with Crippen LogP contribution in [-0.4, -0.2) is 5.11 Å². The van der Waals surface area contributed by atoms with Crippen LogP contribution in [0.1, 0.15) is 43.6 Å². The lowest BCUT2D eigenvalue weighted by atomic mass is 9.84. The van der Waals surface area contributed by atoms with Gasteiger partial charge in [0.1, 0.15) is 5.75 Å². The number of hydrogen-bond acceptors (Lipinski definition) is 1. The molecule has 70 valence electrons. The van der Waals surface area contributed by atoms with Crippen LogP contribution in [0.5, 0.6) is 5.75 Å². The maximum absolute atomic E-state index is 9.34. The average Bonchev–Trinajstić information content (AvgIpc) is 2.19. The molecule has 2 rings (SSSR count). The van der Waals surface area contributed by atoms with Gasteiger partial charge < -0.3 is 5.11 Å². The molecule has 1 N–H and O–H groups in total. The minimum atomic E-state index is 0.406. The standard InChI is InChI=1S/C12H16O/c13-12-8-4-7-11(9-12)10-5-2-1-3-6-10/h4,7-10,13H,1-3,5-6H2. The first kappa shape index (κ1) is 8.61. The second kappa shape index (κ2) is 3.82. The largest absolute Gasteiger partial charge is 0.508 e. The van der Waals surface area contributed by atoms with Gasteiger partial charge in [0.05, 0.1) is 0 Å². The summed E-state index contributed by atoms with van der Waals surface area (Å²) in [6.07, 6.45) is 6.67. The number of phenols is 1. The van der Waals surface area contributed by atoms with E-state index in [9.17, 15) is 5.11 Å². The molecule has 1 nitrogen and oxygen atoms in total. The SMILES string of the molecule is Oc1cccc(C2CCCCC2)c1. The van der Waals surface area contributed by atoms with E-state index >= 15 is 0 Å². The molecular weight excluding hydrogens is 160 g/mol. The molecule has 0 aliphatic heterocycles. The fourth-order valence-electron chi connectivity index (χ4n) is 2.21. The monoisotopic (exact) mass is 176 g/mol. The number of phenolic OH excluding ortho intramolecular Hbond substituents is 1. The first-order valence-corrected chi connectivity index (χ1v) is 5.15. The maximum Gasteiger partial charge on any atom is 0.115 e. The number of rotatable bonds is 1. The molecule has 0 aromatic heterocycles. The number of hydrogen-bond donors (Lipinski definition) is 1. The molecule has 0 unspecified atom stereocenters. The number of aromatic hydroxyl groups is 1. The zero-order valence-corrected chi connectivity index (χ0v) is 7.87. The van der Waals surface area contributed by atoms with E-state index in [4.69, 9.17) is 0 Å². The lowest BCUT2D eigenvalue weighted by Gasteiger charge is -2.21. The van der Waals surface area contributed by atoms with Crippen molar-refractivity contribution in [3.63, 3.8) is 0 Å². The van der Waals surface area contributed by atoms with Crippen molar-refractivity contribution in [1.29, 1.82) is 0 Å². The molecule has 1 aliphatic rings. The van der Waals surface area contributed by atoms with E-state index in [1.54, 1.807) is 6.07 Å². The van der Waals surface area contributed by atoms with Gasteiger partial charge in [-0.2, -0.15) is 0 Å². The van der Waals surface area contributed by atoms with E-state index in [1.165, 1.54) is 37.7 Å². The van der Waals surface area contributed by atoms with Crippen molar-refractivity contribution < 1.29 is 5.11 Å². The molecule has 0 radical (unpaired) electrons. The van der Waals surface area contributed by atoms with Gasteiger partial charge in [-0.05, 0) is 36.5 Å². The summed E-state index contributed by atoms with van der Waals surface area (Å²) in [7, 11) is 0. The summed E-state index contributed by atoms with van der Waals surface area (Å²) >= 11 is 0. The molecule has 1 saturated carbocycles. The van der Waals surface area contributed by atoms with E-state index in [1.807, 2.05) is 12.1 Å². The first-order valence-electron chi connectivity index (χ1n) is 5.15. The van der Waals surface area contributed by atoms with Crippen LogP contribution in [0.2, 0.25) is 0 Å². The zero-order chi connectivity index (χ0) is 9.10. The van der Waals surface area contributed by atoms with Gasteiger partial charge in [-0.3, -0.25) is 0 Å². The van der Waals surface area contributed by atoms with Crippen molar-refractivity contribution in [3.8, 4) is 5.75 Å². The van der Waals surface area contributed by atoms with Crippen LogP contribution in [0.15, 0.2) is 24.3 Å². The summed E-state index contributed by atoms with van der Waals surface area (Å²) in [6.45, 7) is 0. The van der Waals surface area contributed by atoms with Gasteiger partial charge in [0.25, 0.3) is 0 Å². The highest BCUT2D eigenvalue weighted by atomic mass is 16.3. The van der Waals surface area contributed by atoms with Crippen molar-refractivity contribution in [2.75, 3.05) is 0 Å². The zero-order valence-electron chi connectivity index (χ0n) is 7.87. The molecule has 0 atom stereocenters. The molecular formula is C12H16O. The highest BCUT2D eigenvalue weighted by Crippen LogP contribution is 2.33. The Bertz CT molecular complexity index is 274. The topological polar surface area (TPSA) is 20.2 Å². The second-order valence-corrected chi connectivity index (χ2v) is 3.93. The van der Waals surface area contributed by atoms with Crippen LogP contribution in [-0.2, 0) is 0 Å². The summed E-state index contributed by atoms with van der Waals surface area (Å²) < 4.78 is 0. The maximum atomic E-state index is 9.34. The van der Waals surface area contributed by atoms with E-state index in [2.05, 4.69) is 6.07 Å². The summed E-state index contributed by atoms with van der Waals surface area (Å²) in [4.78, 5) is 0. The third-order valence-electron chi connectivity index (χ3n) is 2.95. The highest BCUT2D eigenvalue weighted by Gasteiger charge is 2.15. The quantitative estimate of drug-likeness (QED) is 0.695. The Kier molecular flexibility index (Phi) is 2.53. The second-order valence-electron chi connectivity index (χ2n) is 3.93. The smallest absolute Gasteiger partial charge is 0.115 e. The van der Waals surface area contributed by atoms with Crippen LogP contribution in [0, 0.1) is 0 Å². The predicted molar refractivity (Wildman–Crippen MR) is 53.9 cm³/mol. The number of benzene rings is 1. The Morgan fingerprint density at radius 2 is 1.85 bits per heavy atom. The van der Waals surface area contributed by atoms with Gasteiger partial charge in [-0.25, -0.2) is 0 Å². The van der Waals surface area contributed by atoms with Gasteiger partial charge in [-0.15, -0.1) is 0 Å². The lowest BCUT2D eigenvalue weighted by molar-refractivity contribution is 0.438. The molecule has 1 heteroatoms. The fraction of sp³-hybridized carbons (Fsp3) is 0.500. The van der Waals surface area contributed by atoms with Crippen molar-refractivity contribution in [3.05, 3.63) is 29.8 Å². The summed E-state index contributed by atoms with van der Waals surface area (Å²) in [5, 5.41) is 9.34. The minimum Gasteiger partial charge on any atom is -0.508 e. The van der Waals surface area contributed by atoms with Gasteiger partial charge in [0.15, 0.2) is 0 Å². The Labute approximate surface area is 79.4 Å². The predicted octanol–water partition coefficient (Wildman–Crippen LogP) is 3.44. The van der Waals surface area contributed by atoms with Crippen molar-refractivity contribution in [1.82, 2.24) is 0 Å². The summed E-state index contributed by atoms with van der Waals surface area (Å²) in [5.41, 5.74) is 1.32. The lowest BCUT2D eigenvalue weighted by Crippen LogP contribution is -2.03. The third-order valence-corrected chi connectivity index (χ3v) is 2.95. The molecule has 1 aromatic carbocycles. The first-order chi connectivity index (χ1) is 6.36. The highest BCUT2D eigenvalue weighted by molar-refractivity contribution is 5.29. The van der Waals surface area contributed by atoms with Crippen molar-refractivity contribution in [2.24, 2.45) is 0 Å². The third kappa shape index (κ3) is 2.03. The molecule has 13 heavy (non-hydrogen) atoms. The van der Waals surface area contributed by atoms with Crippen LogP contribution in [0.3, 0.4) is 0 Å². The van der Waals surface area contributed by atoms with Crippen LogP contribution in [0.25, 0.3) is 0 Å². The Balaban J connectivity index is 2.14. The van der Waals surface area contributed by atoms with Gasteiger partial charge >= 0.3 is 0 Å². The average molecular weight is 176 g/mol. The molecule has 1 aromatic rings. The van der Waals surface area contributed by atoms with Crippen LogP contribution >= 0.6 is 0 Å². The van der Waals surface area contributed by atoms with E-state index in [-0.39, 0.29) is 0 Å². The van der Waals surface area contributed by atoms with Gasteiger partial charge in [0.2, 0.25) is 0 Å². The molecule has 0 heterocycles. The molecule has 1 fully saturated rings. The Hall–Kier alpha value is -0.980. The minimum absolute atomic E-state index is 0.406. The van der Waals surface area contributed by atoms with Gasteiger partial charge in [-0.1, -0.05) is 31.4 Å². The molecule has 0 amide bonds. The van der Waals surface area contributed by atoms with Crippen molar-refractivity contribution in [2.45, 2.75) is 38.0 Å². The summed E-state index contributed by atoms with van der Waals surface area (Å²) in [6, 6.07) is 7.73. The molecule has 0 saturated heterocycles.